The maximum absolute atomic E-state index is 12.6. The van der Waals surface area contributed by atoms with Crippen molar-refractivity contribution in [3.05, 3.63) is 0 Å². The molecule has 2 unspecified atom stereocenters. The number of esters is 2. The minimum atomic E-state index is -1.22. The number of hydrogen-bond donors (Lipinski definition) is 3. The van der Waals surface area contributed by atoms with E-state index in [0.717, 1.165) is 38.5 Å². The Balaban J connectivity index is 4.17. The summed E-state index contributed by atoms with van der Waals surface area (Å²) in [6, 6.07) is -1.22. The number of unbranched alkanes of at least 4 members (excludes halogenated alkanes) is 28. The van der Waals surface area contributed by atoms with Crippen LogP contribution in [0.1, 0.15) is 226 Å². The minimum absolute atomic E-state index is 0.108. The molecule has 2 atom stereocenters. The van der Waals surface area contributed by atoms with Crippen LogP contribution in [0.15, 0.2) is 0 Å². The molecule has 9 heteroatoms. The van der Waals surface area contributed by atoms with Crippen molar-refractivity contribution in [2.45, 2.75) is 238 Å². The molecule has 0 bridgehead atoms. The summed E-state index contributed by atoms with van der Waals surface area (Å²) in [7, 11) is 0. The molecule has 0 spiro atoms. The fourth-order valence-electron chi connectivity index (χ4n) is 6.55. The lowest BCUT2D eigenvalue weighted by atomic mass is 10.0. The number of nitrogens with one attached hydrogen (secondary N) is 1. The molecule has 9 nitrogen and oxygen atoms in total. The van der Waals surface area contributed by atoms with E-state index < -0.39 is 36.4 Å². The molecule has 4 N–H and O–H groups in total. The molecule has 0 aliphatic carbocycles. The SMILES string of the molecule is CCCCCCCCCCCCCCCCCC(=O)OCC(CNC(=O)C(N)CC(=O)O)OC(=O)CCCCCCCCCCCCCCCCC. The number of aliphatic carboxylic acids is 1. The van der Waals surface area contributed by atoms with Crippen LogP contribution in [-0.2, 0) is 28.7 Å². The average molecular weight is 739 g/mol. The molecule has 0 radical (unpaired) electrons. The molecule has 0 saturated carbocycles. The lowest BCUT2D eigenvalue weighted by Gasteiger charge is -2.20. The third kappa shape index (κ3) is 36.2. The average Bonchev–Trinajstić information content (AvgIpc) is 3.12. The van der Waals surface area contributed by atoms with Gasteiger partial charge in [-0.25, -0.2) is 0 Å². The molecule has 0 aromatic rings. The molecule has 0 aliphatic rings. The van der Waals surface area contributed by atoms with Crippen molar-refractivity contribution in [1.82, 2.24) is 5.32 Å². The molecule has 0 aliphatic heterocycles. The largest absolute Gasteiger partial charge is 0.481 e. The van der Waals surface area contributed by atoms with Gasteiger partial charge in [0.1, 0.15) is 6.61 Å². The predicted octanol–water partition coefficient (Wildman–Crippen LogP) is 10.9. The van der Waals surface area contributed by atoms with E-state index in [1.54, 1.807) is 0 Å². The highest BCUT2D eigenvalue weighted by Gasteiger charge is 2.21. The standard InChI is InChI=1S/C43H82N2O7/c1-3-5-7-9-11-13-15-17-19-21-23-25-27-29-31-33-41(48)51-37-38(36-45-43(50)39(44)35-40(46)47)52-42(49)34-32-30-28-26-24-22-20-18-16-14-12-10-8-6-4-2/h38-39H,3-37,44H2,1-2H3,(H,45,50)(H,46,47). The second-order valence-electron chi connectivity index (χ2n) is 15.1. The molecular weight excluding hydrogens is 656 g/mol. The van der Waals surface area contributed by atoms with E-state index in [0.29, 0.717) is 6.42 Å². The molecule has 0 rings (SSSR count). The zero-order valence-electron chi connectivity index (χ0n) is 33.9. The van der Waals surface area contributed by atoms with E-state index in [2.05, 4.69) is 19.2 Å². The Labute approximate surface area is 319 Å². The third-order valence-electron chi connectivity index (χ3n) is 9.93. The summed E-state index contributed by atoms with van der Waals surface area (Å²) >= 11 is 0. The minimum Gasteiger partial charge on any atom is -0.481 e. The molecule has 0 saturated heterocycles. The number of nitrogens with two attached hydrogens (primary N) is 1. The van der Waals surface area contributed by atoms with Crippen LogP contribution in [0.25, 0.3) is 0 Å². The monoisotopic (exact) mass is 739 g/mol. The van der Waals surface area contributed by atoms with Gasteiger partial charge in [0.2, 0.25) is 5.91 Å². The Kier molecular flexibility index (Phi) is 37.0. The van der Waals surface area contributed by atoms with Gasteiger partial charge in [-0.15, -0.1) is 0 Å². The Morgan fingerprint density at radius 3 is 1.19 bits per heavy atom. The highest BCUT2D eigenvalue weighted by molar-refractivity contribution is 5.85. The van der Waals surface area contributed by atoms with Crippen LogP contribution in [0.5, 0.6) is 0 Å². The summed E-state index contributed by atoms with van der Waals surface area (Å²) in [5.41, 5.74) is 5.66. The van der Waals surface area contributed by atoms with Gasteiger partial charge < -0.3 is 25.6 Å². The maximum atomic E-state index is 12.6. The summed E-state index contributed by atoms with van der Waals surface area (Å²) < 4.78 is 11.0. The van der Waals surface area contributed by atoms with Gasteiger partial charge in [-0.05, 0) is 12.8 Å². The molecule has 0 aromatic carbocycles. The Hall–Kier alpha value is -2.16. The number of carboxylic acid groups (broad SMARTS) is 1. The van der Waals surface area contributed by atoms with E-state index >= 15 is 0 Å². The normalized spacial score (nSPS) is 12.4. The quantitative estimate of drug-likeness (QED) is 0.0416. The number of carbonyl (C=O) groups is 4. The second kappa shape index (κ2) is 38.6. The van der Waals surface area contributed by atoms with Crippen molar-refractivity contribution in [2.24, 2.45) is 5.73 Å². The number of rotatable bonds is 40. The van der Waals surface area contributed by atoms with Gasteiger partial charge in [-0.1, -0.05) is 194 Å². The van der Waals surface area contributed by atoms with E-state index in [1.165, 1.54) is 154 Å². The molecule has 0 aromatic heterocycles. The highest BCUT2D eigenvalue weighted by Crippen LogP contribution is 2.16. The summed E-state index contributed by atoms with van der Waals surface area (Å²) in [6.45, 7) is 4.24. The summed E-state index contributed by atoms with van der Waals surface area (Å²) in [5, 5.41) is 11.5. The van der Waals surface area contributed by atoms with Crippen LogP contribution in [-0.4, -0.2) is 54.2 Å². The number of ether oxygens (including phenoxy) is 2. The smallest absolute Gasteiger partial charge is 0.306 e. The molecule has 52 heavy (non-hydrogen) atoms. The molecular formula is C43H82N2O7. The lowest BCUT2D eigenvalue weighted by Crippen LogP contribution is -2.46. The van der Waals surface area contributed by atoms with Gasteiger partial charge in [0, 0.05) is 12.8 Å². The fourth-order valence-corrected chi connectivity index (χ4v) is 6.55. The van der Waals surface area contributed by atoms with E-state index in [1.807, 2.05) is 0 Å². The number of amides is 1. The van der Waals surface area contributed by atoms with Gasteiger partial charge in [0.15, 0.2) is 6.10 Å². The van der Waals surface area contributed by atoms with Crippen LogP contribution in [0.2, 0.25) is 0 Å². The number of carbonyl (C=O) groups excluding carboxylic acids is 3. The van der Waals surface area contributed by atoms with Gasteiger partial charge in [0.05, 0.1) is 19.0 Å². The molecule has 306 valence electrons. The van der Waals surface area contributed by atoms with Crippen LogP contribution in [0.3, 0.4) is 0 Å². The van der Waals surface area contributed by atoms with Gasteiger partial charge in [-0.3, -0.25) is 19.2 Å². The Bertz CT molecular complexity index is 853. The zero-order valence-corrected chi connectivity index (χ0v) is 33.9. The van der Waals surface area contributed by atoms with Crippen molar-refractivity contribution in [3.8, 4) is 0 Å². The van der Waals surface area contributed by atoms with Crippen LogP contribution >= 0.6 is 0 Å². The first-order valence-corrected chi connectivity index (χ1v) is 21.9. The van der Waals surface area contributed by atoms with Gasteiger partial charge in [0.25, 0.3) is 0 Å². The fraction of sp³-hybridized carbons (Fsp3) is 0.907. The van der Waals surface area contributed by atoms with Crippen molar-refractivity contribution >= 4 is 23.8 Å². The highest BCUT2D eigenvalue weighted by atomic mass is 16.6. The van der Waals surface area contributed by atoms with E-state index in [-0.39, 0.29) is 25.5 Å². The molecule has 1 amide bonds. The van der Waals surface area contributed by atoms with E-state index in [4.69, 9.17) is 20.3 Å². The van der Waals surface area contributed by atoms with Gasteiger partial charge >= 0.3 is 17.9 Å². The molecule has 0 heterocycles. The number of carboxylic acids is 1. The third-order valence-corrected chi connectivity index (χ3v) is 9.93. The zero-order chi connectivity index (χ0) is 38.3. The van der Waals surface area contributed by atoms with Crippen molar-refractivity contribution in [2.75, 3.05) is 13.2 Å². The van der Waals surface area contributed by atoms with Crippen molar-refractivity contribution in [3.63, 3.8) is 0 Å². The lowest BCUT2D eigenvalue weighted by molar-refractivity contribution is -0.159. The van der Waals surface area contributed by atoms with Crippen LogP contribution in [0.4, 0.5) is 0 Å². The number of hydrogen-bond acceptors (Lipinski definition) is 7. The summed E-state index contributed by atoms with van der Waals surface area (Å²) in [5.74, 6) is -2.59. The topological polar surface area (TPSA) is 145 Å². The van der Waals surface area contributed by atoms with Crippen LogP contribution in [0, 0.1) is 0 Å². The Morgan fingerprint density at radius 1 is 0.519 bits per heavy atom. The van der Waals surface area contributed by atoms with Crippen LogP contribution < -0.4 is 11.1 Å². The van der Waals surface area contributed by atoms with E-state index in [9.17, 15) is 19.2 Å². The summed E-state index contributed by atoms with van der Waals surface area (Å²) in [6.07, 6.45) is 36.6. The van der Waals surface area contributed by atoms with Crippen molar-refractivity contribution < 1.29 is 33.8 Å². The Morgan fingerprint density at radius 2 is 0.846 bits per heavy atom. The second-order valence-corrected chi connectivity index (χ2v) is 15.1. The van der Waals surface area contributed by atoms with Crippen molar-refractivity contribution in [1.29, 1.82) is 0 Å². The first kappa shape index (κ1) is 49.8. The molecule has 0 fully saturated rings. The first-order valence-electron chi connectivity index (χ1n) is 21.9. The maximum Gasteiger partial charge on any atom is 0.306 e. The predicted molar refractivity (Wildman–Crippen MR) is 213 cm³/mol. The first-order chi connectivity index (χ1) is 25.3. The summed E-state index contributed by atoms with van der Waals surface area (Å²) in [4.78, 5) is 48.2. The van der Waals surface area contributed by atoms with Gasteiger partial charge in [-0.2, -0.15) is 0 Å².